The summed E-state index contributed by atoms with van der Waals surface area (Å²) in [6.45, 7) is 3.22. The molecule has 3 nitrogen and oxygen atoms in total. The summed E-state index contributed by atoms with van der Waals surface area (Å²) in [4.78, 5) is 10.8. The molecule has 70 valence electrons. The number of benzene rings is 1. The van der Waals surface area contributed by atoms with Gasteiger partial charge in [-0.05, 0) is 12.5 Å². The third kappa shape index (κ3) is 2.56. The molecule has 0 aromatic heterocycles. The zero-order valence-corrected chi connectivity index (χ0v) is 7.87. The van der Waals surface area contributed by atoms with Crippen LogP contribution in [0.1, 0.15) is 19.4 Å². The monoisotopic (exact) mass is 178 g/mol. The van der Waals surface area contributed by atoms with Crippen LogP contribution in [0, 0.1) is 0 Å². The lowest BCUT2D eigenvalue weighted by atomic mass is 10.0. The molecule has 1 aromatic carbocycles. The second-order valence-corrected chi connectivity index (χ2v) is 3.25. The van der Waals surface area contributed by atoms with Gasteiger partial charge in [-0.15, -0.1) is 0 Å². The normalized spacial score (nSPS) is 14.7. The highest BCUT2D eigenvalue weighted by atomic mass is 16.1. The third-order valence-electron chi connectivity index (χ3n) is 1.81. The topological polar surface area (TPSA) is 55.1 Å². The standard InChI is InChI=1S/C10H14N2O/c1-8(13)12-10(2,11)9-6-4-3-5-7-9/h3-7H,11H2,1-2H3,(H,12,13). The largest absolute Gasteiger partial charge is 0.335 e. The Morgan fingerprint density at radius 1 is 1.38 bits per heavy atom. The van der Waals surface area contributed by atoms with Crippen LogP contribution in [0.3, 0.4) is 0 Å². The summed E-state index contributed by atoms with van der Waals surface area (Å²) in [5.74, 6) is -0.131. The summed E-state index contributed by atoms with van der Waals surface area (Å²) in [5.41, 5.74) is 6.02. The molecule has 0 saturated heterocycles. The summed E-state index contributed by atoms with van der Waals surface area (Å²) in [6, 6.07) is 9.46. The molecule has 0 aliphatic rings. The van der Waals surface area contributed by atoms with Gasteiger partial charge in [-0.25, -0.2) is 0 Å². The first-order valence-electron chi connectivity index (χ1n) is 4.15. The first-order valence-corrected chi connectivity index (χ1v) is 4.15. The number of carbonyl (C=O) groups excluding carboxylic acids is 1. The van der Waals surface area contributed by atoms with Crippen molar-refractivity contribution in [2.45, 2.75) is 19.5 Å². The highest BCUT2D eigenvalue weighted by Gasteiger charge is 2.20. The van der Waals surface area contributed by atoms with Crippen LogP contribution in [-0.2, 0) is 10.5 Å². The minimum absolute atomic E-state index is 0.131. The summed E-state index contributed by atoms with van der Waals surface area (Å²) >= 11 is 0. The van der Waals surface area contributed by atoms with Gasteiger partial charge in [-0.2, -0.15) is 0 Å². The van der Waals surface area contributed by atoms with Gasteiger partial charge in [0.15, 0.2) is 0 Å². The van der Waals surface area contributed by atoms with Crippen molar-refractivity contribution in [1.82, 2.24) is 5.32 Å². The highest BCUT2D eigenvalue weighted by Crippen LogP contribution is 2.13. The molecule has 13 heavy (non-hydrogen) atoms. The van der Waals surface area contributed by atoms with Crippen molar-refractivity contribution in [3.8, 4) is 0 Å². The van der Waals surface area contributed by atoms with Crippen molar-refractivity contribution in [3.63, 3.8) is 0 Å². The Morgan fingerprint density at radius 2 is 1.92 bits per heavy atom. The molecule has 1 aromatic rings. The number of rotatable bonds is 2. The predicted molar refractivity (Wildman–Crippen MR) is 51.8 cm³/mol. The van der Waals surface area contributed by atoms with Gasteiger partial charge in [-0.3, -0.25) is 4.79 Å². The van der Waals surface area contributed by atoms with Crippen molar-refractivity contribution in [1.29, 1.82) is 0 Å². The Labute approximate surface area is 77.9 Å². The summed E-state index contributed by atoms with van der Waals surface area (Å²) in [5, 5.41) is 2.67. The van der Waals surface area contributed by atoms with Gasteiger partial charge >= 0.3 is 0 Å². The van der Waals surface area contributed by atoms with E-state index in [0.29, 0.717) is 0 Å². The molecule has 3 heteroatoms. The maximum atomic E-state index is 10.8. The fraction of sp³-hybridized carbons (Fsp3) is 0.300. The van der Waals surface area contributed by atoms with E-state index in [0.717, 1.165) is 5.56 Å². The fourth-order valence-electron chi connectivity index (χ4n) is 1.22. The second kappa shape index (κ2) is 3.58. The van der Waals surface area contributed by atoms with E-state index in [-0.39, 0.29) is 5.91 Å². The molecule has 3 N–H and O–H groups in total. The van der Waals surface area contributed by atoms with E-state index in [1.807, 2.05) is 30.3 Å². The van der Waals surface area contributed by atoms with Gasteiger partial charge in [0.2, 0.25) is 5.91 Å². The molecule has 1 rings (SSSR count). The molecule has 1 atom stereocenters. The summed E-state index contributed by atoms with van der Waals surface area (Å²) < 4.78 is 0. The van der Waals surface area contributed by atoms with Crippen molar-refractivity contribution in [2.75, 3.05) is 0 Å². The lowest BCUT2D eigenvalue weighted by Gasteiger charge is -2.25. The smallest absolute Gasteiger partial charge is 0.218 e. The molecule has 0 heterocycles. The minimum Gasteiger partial charge on any atom is -0.335 e. The second-order valence-electron chi connectivity index (χ2n) is 3.25. The first kappa shape index (κ1) is 9.74. The average molecular weight is 178 g/mol. The van der Waals surface area contributed by atoms with Crippen LogP contribution in [0.5, 0.6) is 0 Å². The summed E-state index contributed by atoms with van der Waals surface area (Å²) in [7, 11) is 0. The highest BCUT2D eigenvalue weighted by molar-refractivity contribution is 5.73. The Hall–Kier alpha value is -1.35. The zero-order chi connectivity index (χ0) is 9.90. The Bertz CT molecular complexity index is 293. The molecule has 0 aliphatic carbocycles. The molecule has 1 unspecified atom stereocenters. The molecular weight excluding hydrogens is 164 g/mol. The Kier molecular flexibility index (Phi) is 2.68. The van der Waals surface area contributed by atoms with Gasteiger partial charge in [0.25, 0.3) is 0 Å². The van der Waals surface area contributed by atoms with Crippen LogP contribution < -0.4 is 11.1 Å². The fourth-order valence-corrected chi connectivity index (χ4v) is 1.22. The maximum absolute atomic E-state index is 10.8. The van der Waals surface area contributed by atoms with Gasteiger partial charge in [0.05, 0.1) is 0 Å². The Balaban J connectivity index is 2.87. The van der Waals surface area contributed by atoms with Gasteiger partial charge in [0.1, 0.15) is 5.66 Å². The van der Waals surface area contributed by atoms with Gasteiger partial charge in [-0.1, -0.05) is 30.3 Å². The van der Waals surface area contributed by atoms with Crippen molar-refractivity contribution in [3.05, 3.63) is 35.9 Å². The lowest BCUT2D eigenvalue weighted by Crippen LogP contribution is -2.49. The number of amides is 1. The molecule has 0 bridgehead atoms. The van der Waals surface area contributed by atoms with E-state index in [1.165, 1.54) is 6.92 Å². The van der Waals surface area contributed by atoms with Crippen molar-refractivity contribution in [2.24, 2.45) is 5.73 Å². The summed E-state index contributed by atoms with van der Waals surface area (Å²) in [6.07, 6.45) is 0. The number of hydrogen-bond acceptors (Lipinski definition) is 2. The molecular formula is C10H14N2O. The molecule has 0 fully saturated rings. The average Bonchev–Trinajstić information content (AvgIpc) is 2.04. The number of nitrogens with two attached hydrogens (primary N) is 1. The molecule has 0 saturated carbocycles. The quantitative estimate of drug-likeness (QED) is 0.662. The van der Waals surface area contributed by atoms with E-state index >= 15 is 0 Å². The Morgan fingerprint density at radius 3 is 2.38 bits per heavy atom. The number of nitrogens with one attached hydrogen (secondary N) is 1. The van der Waals surface area contributed by atoms with E-state index in [2.05, 4.69) is 5.32 Å². The van der Waals surface area contributed by atoms with Crippen LogP contribution in [-0.4, -0.2) is 5.91 Å². The van der Waals surface area contributed by atoms with Crippen LogP contribution in [0.25, 0.3) is 0 Å². The maximum Gasteiger partial charge on any atom is 0.218 e. The van der Waals surface area contributed by atoms with Crippen LogP contribution in [0.15, 0.2) is 30.3 Å². The van der Waals surface area contributed by atoms with Crippen LogP contribution in [0.4, 0.5) is 0 Å². The first-order chi connectivity index (χ1) is 6.02. The minimum atomic E-state index is -0.785. The van der Waals surface area contributed by atoms with E-state index in [1.54, 1.807) is 6.92 Å². The zero-order valence-electron chi connectivity index (χ0n) is 7.87. The van der Waals surface area contributed by atoms with Crippen molar-refractivity contribution < 1.29 is 4.79 Å². The van der Waals surface area contributed by atoms with E-state index < -0.39 is 5.66 Å². The third-order valence-corrected chi connectivity index (χ3v) is 1.81. The number of hydrogen-bond donors (Lipinski definition) is 2. The van der Waals surface area contributed by atoms with Gasteiger partial charge in [0, 0.05) is 6.92 Å². The molecule has 1 amide bonds. The predicted octanol–water partition coefficient (Wildman–Crippen LogP) is 0.954. The van der Waals surface area contributed by atoms with Gasteiger partial charge < -0.3 is 11.1 Å². The molecule has 0 spiro atoms. The molecule has 0 aliphatic heterocycles. The SMILES string of the molecule is CC(=O)NC(C)(N)c1ccccc1. The van der Waals surface area contributed by atoms with Crippen molar-refractivity contribution >= 4 is 5.91 Å². The van der Waals surface area contributed by atoms with Crippen LogP contribution >= 0.6 is 0 Å². The lowest BCUT2D eigenvalue weighted by molar-refractivity contribution is -0.120. The van der Waals surface area contributed by atoms with E-state index in [9.17, 15) is 4.79 Å². The number of carbonyl (C=O) groups is 1. The van der Waals surface area contributed by atoms with E-state index in [4.69, 9.17) is 5.73 Å². The van der Waals surface area contributed by atoms with Crippen LogP contribution in [0.2, 0.25) is 0 Å². The molecule has 0 radical (unpaired) electrons.